The zero-order chi connectivity index (χ0) is 14.8. The lowest BCUT2D eigenvalue weighted by molar-refractivity contribution is -0.345. The van der Waals surface area contributed by atoms with Crippen molar-refractivity contribution in [1.29, 1.82) is 0 Å². The highest BCUT2D eigenvalue weighted by Crippen LogP contribution is 2.36. The van der Waals surface area contributed by atoms with Crippen molar-refractivity contribution < 1.29 is 37.9 Å². The first-order valence-corrected chi connectivity index (χ1v) is 7.01. The Morgan fingerprint density at radius 2 is 1.48 bits per heavy atom. The normalized spacial score (nSPS) is 46.1. The maximum Gasteiger partial charge on any atom is 0.186 e. The molecule has 0 aromatic carbocycles. The van der Waals surface area contributed by atoms with Gasteiger partial charge in [-0.15, -0.1) is 0 Å². The topological polar surface area (TPSA) is 73.8 Å². The summed E-state index contributed by atoms with van der Waals surface area (Å²) in [5.41, 5.74) is 0. The molecule has 8 nitrogen and oxygen atoms in total. The van der Waals surface area contributed by atoms with Gasteiger partial charge in [0.25, 0.3) is 0 Å². The quantitative estimate of drug-likeness (QED) is 0.673. The molecule has 0 aliphatic carbocycles. The molecule has 8 heteroatoms. The summed E-state index contributed by atoms with van der Waals surface area (Å²) in [5.74, 6) is 0. The zero-order valence-electron chi connectivity index (χ0n) is 12.4. The number of hydrogen-bond donors (Lipinski definition) is 0. The third-order valence-electron chi connectivity index (χ3n) is 3.80. The van der Waals surface area contributed by atoms with Gasteiger partial charge in [0.1, 0.15) is 24.4 Å². The van der Waals surface area contributed by atoms with Crippen LogP contribution in [0.2, 0.25) is 0 Å². The molecule has 0 saturated carbocycles. The van der Waals surface area contributed by atoms with Gasteiger partial charge in [-0.1, -0.05) is 0 Å². The Hall–Kier alpha value is -0.320. The number of hydrogen-bond acceptors (Lipinski definition) is 8. The number of methoxy groups -OCH3 is 3. The van der Waals surface area contributed by atoms with Gasteiger partial charge in [0.2, 0.25) is 0 Å². The molecular weight excluding hydrogens is 284 g/mol. The fourth-order valence-electron chi connectivity index (χ4n) is 2.90. The number of ether oxygens (including phenoxy) is 8. The molecule has 0 radical (unpaired) electrons. The van der Waals surface area contributed by atoms with Crippen molar-refractivity contribution in [1.82, 2.24) is 0 Å². The van der Waals surface area contributed by atoms with E-state index >= 15 is 0 Å². The van der Waals surface area contributed by atoms with Crippen molar-refractivity contribution >= 4 is 0 Å². The summed E-state index contributed by atoms with van der Waals surface area (Å²) in [7, 11) is 4.78. The van der Waals surface area contributed by atoms with Crippen molar-refractivity contribution in [3.8, 4) is 0 Å². The Labute approximate surface area is 123 Å². The minimum atomic E-state index is -0.510. The molecule has 7 atom stereocenters. The Bertz CT molecular complexity index is 340. The zero-order valence-corrected chi connectivity index (χ0v) is 12.4. The van der Waals surface area contributed by atoms with E-state index in [1.54, 1.807) is 21.3 Å². The van der Waals surface area contributed by atoms with Gasteiger partial charge in [-0.25, -0.2) is 0 Å². The Kier molecular flexibility index (Phi) is 5.07. The van der Waals surface area contributed by atoms with Crippen molar-refractivity contribution in [3.63, 3.8) is 0 Å². The predicted octanol–water partition coefficient (Wildman–Crippen LogP) is -0.498. The third-order valence-corrected chi connectivity index (χ3v) is 3.80. The lowest BCUT2D eigenvalue weighted by atomic mass is 9.98. The molecule has 21 heavy (non-hydrogen) atoms. The van der Waals surface area contributed by atoms with Crippen LogP contribution in [0.1, 0.15) is 0 Å². The van der Waals surface area contributed by atoms with Crippen LogP contribution < -0.4 is 0 Å². The summed E-state index contributed by atoms with van der Waals surface area (Å²) in [5, 5.41) is 0. The van der Waals surface area contributed by atoms with Crippen LogP contribution in [0.3, 0.4) is 0 Å². The van der Waals surface area contributed by atoms with E-state index in [1.165, 1.54) is 0 Å². The Balaban J connectivity index is 1.71. The van der Waals surface area contributed by atoms with E-state index in [-0.39, 0.29) is 24.4 Å². The van der Waals surface area contributed by atoms with Gasteiger partial charge in [0.15, 0.2) is 18.9 Å². The van der Waals surface area contributed by atoms with E-state index < -0.39 is 18.9 Å². The first kappa shape index (κ1) is 15.6. The van der Waals surface area contributed by atoms with Crippen LogP contribution in [0.25, 0.3) is 0 Å². The monoisotopic (exact) mass is 306 g/mol. The molecule has 0 N–H and O–H groups in total. The maximum absolute atomic E-state index is 5.91. The second-order valence-electron chi connectivity index (χ2n) is 5.18. The predicted molar refractivity (Wildman–Crippen MR) is 67.6 cm³/mol. The summed E-state index contributed by atoms with van der Waals surface area (Å²) in [6.07, 6.45) is -2.55. The van der Waals surface area contributed by atoms with Crippen LogP contribution in [-0.4, -0.2) is 84.4 Å². The van der Waals surface area contributed by atoms with Crippen LogP contribution in [0.4, 0.5) is 0 Å². The molecule has 3 fully saturated rings. The SMILES string of the molecule is COCC1OCC2OC(OC)C3OC(COC)OC3C2O1. The Morgan fingerprint density at radius 3 is 2.19 bits per heavy atom. The van der Waals surface area contributed by atoms with E-state index in [4.69, 9.17) is 37.9 Å². The molecule has 3 aliphatic heterocycles. The van der Waals surface area contributed by atoms with E-state index in [2.05, 4.69) is 0 Å². The smallest absolute Gasteiger partial charge is 0.186 e. The van der Waals surface area contributed by atoms with E-state index in [9.17, 15) is 0 Å². The van der Waals surface area contributed by atoms with E-state index in [1.807, 2.05) is 0 Å². The average molecular weight is 306 g/mol. The highest BCUT2D eigenvalue weighted by Gasteiger charge is 2.55. The molecule has 122 valence electrons. The van der Waals surface area contributed by atoms with Crippen LogP contribution >= 0.6 is 0 Å². The van der Waals surface area contributed by atoms with Gasteiger partial charge in [0.05, 0.1) is 19.8 Å². The third kappa shape index (κ3) is 3.08. The van der Waals surface area contributed by atoms with Crippen molar-refractivity contribution in [3.05, 3.63) is 0 Å². The maximum atomic E-state index is 5.91. The largest absolute Gasteiger partial charge is 0.379 e. The molecule has 0 amide bonds. The lowest BCUT2D eigenvalue weighted by Crippen LogP contribution is -2.62. The fraction of sp³-hybridized carbons (Fsp3) is 1.00. The first-order chi connectivity index (χ1) is 10.3. The molecule has 0 aromatic rings. The second-order valence-corrected chi connectivity index (χ2v) is 5.18. The molecule has 3 rings (SSSR count). The lowest BCUT2D eigenvalue weighted by Gasteiger charge is -2.45. The second kappa shape index (κ2) is 6.84. The van der Waals surface area contributed by atoms with E-state index in [0.29, 0.717) is 19.8 Å². The molecule has 7 unspecified atom stereocenters. The van der Waals surface area contributed by atoms with Gasteiger partial charge >= 0.3 is 0 Å². The van der Waals surface area contributed by atoms with Crippen LogP contribution in [0.5, 0.6) is 0 Å². The number of rotatable bonds is 5. The molecule has 0 aromatic heterocycles. The van der Waals surface area contributed by atoms with Crippen molar-refractivity contribution in [2.45, 2.75) is 43.3 Å². The Morgan fingerprint density at radius 1 is 0.810 bits per heavy atom. The van der Waals surface area contributed by atoms with Crippen LogP contribution in [0, 0.1) is 0 Å². The van der Waals surface area contributed by atoms with Gasteiger partial charge in [0, 0.05) is 21.3 Å². The summed E-state index contributed by atoms with van der Waals surface area (Å²) >= 11 is 0. The van der Waals surface area contributed by atoms with E-state index in [0.717, 1.165) is 0 Å². The van der Waals surface area contributed by atoms with Crippen LogP contribution in [0.15, 0.2) is 0 Å². The molecule has 3 aliphatic rings. The average Bonchev–Trinajstić information content (AvgIpc) is 2.91. The van der Waals surface area contributed by atoms with Gasteiger partial charge in [-0.3, -0.25) is 0 Å². The number of fused-ring (bicyclic) bond motifs is 3. The highest BCUT2D eigenvalue weighted by molar-refractivity contribution is 4.97. The molecule has 3 heterocycles. The molecule has 0 spiro atoms. The minimum Gasteiger partial charge on any atom is -0.379 e. The summed E-state index contributed by atoms with van der Waals surface area (Å²) < 4.78 is 44.5. The van der Waals surface area contributed by atoms with Crippen LogP contribution in [-0.2, 0) is 37.9 Å². The summed E-state index contributed by atoms with van der Waals surface area (Å²) in [6.45, 7) is 1.11. The highest BCUT2D eigenvalue weighted by atomic mass is 16.8. The van der Waals surface area contributed by atoms with Gasteiger partial charge in [-0.2, -0.15) is 0 Å². The fourth-order valence-corrected chi connectivity index (χ4v) is 2.90. The van der Waals surface area contributed by atoms with Crippen molar-refractivity contribution in [2.75, 3.05) is 41.2 Å². The first-order valence-electron chi connectivity index (χ1n) is 7.01. The summed E-state index contributed by atoms with van der Waals surface area (Å²) in [6, 6.07) is 0. The molecule has 3 saturated heterocycles. The van der Waals surface area contributed by atoms with Gasteiger partial charge in [-0.05, 0) is 0 Å². The summed E-state index contributed by atoms with van der Waals surface area (Å²) in [4.78, 5) is 0. The van der Waals surface area contributed by atoms with Gasteiger partial charge < -0.3 is 37.9 Å². The minimum absolute atomic E-state index is 0.255. The molecule has 0 bridgehead atoms. The molecular formula is C13H22O8. The standard InChI is InChI=1S/C13H22O8/c1-14-5-8-17-4-7-10(19-8)11-12(13(16-3)18-7)21-9(20-11)6-15-2/h7-13H,4-6H2,1-3H3. The van der Waals surface area contributed by atoms with Crippen molar-refractivity contribution in [2.24, 2.45) is 0 Å².